The molecule has 0 atom stereocenters. The lowest BCUT2D eigenvalue weighted by molar-refractivity contribution is 0.0135. The van der Waals surface area contributed by atoms with Crippen molar-refractivity contribution in [3.63, 3.8) is 0 Å². The van der Waals surface area contributed by atoms with Gasteiger partial charge in [-0.3, -0.25) is 25.3 Å². The SMILES string of the molecule is CCN(C)C1(NC)CCC(Oc2ccccc2)CC1.N=C(Cc1ccc(F)cc1F)SC(=N)c1c[nH]c(C=O)c(O)c1=O. The van der Waals surface area contributed by atoms with Crippen LogP contribution >= 0.6 is 11.8 Å². The van der Waals surface area contributed by atoms with Gasteiger partial charge in [-0.25, -0.2) is 8.78 Å². The molecular weight excluding hydrogens is 576 g/mol. The summed E-state index contributed by atoms with van der Waals surface area (Å²) in [5.41, 5.74) is -1.23. The lowest BCUT2D eigenvalue weighted by Gasteiger charge is -2.46. The van der Waals surface area contributed by atoms with Gasteiger partial charge in [0.05, 0.1) is 22.4 Å². The van der Waals surface area contributed by atoms with E-state index < -0.39 is 22.8 Å². The van der Waals surface area contributed by atoms with Crippen molar-refractivity contribution in [1.29, 1.82) is 10.8 Å². The van der Waals surface area contributed by atoms with Crippen molar-refractivity contribution in [2.45, 2.75) is 50.8 Å². The highest BCUT2D eigenvalue weighted by molar-refractivity contribution is 8.26. The van der Waals surface area contributed by atoms with Crippen molar-refractivity contribution >= 4 is 28.1 Å². The number of nitrogens with zero attached hydrogens (tertiary/aromatic N) is 1. The van der Waals surface area contributed by atoms with Crippen LogP contribution in [0, 0.1) is 22.5 Å². The molecule has 1 saturated carbocycles. The highest BCUT2D eigenvalue weighted by atomic mass is 32.2. The molecule has 5 N–H and O–H groups in total. The van der Waals surface area contributed by atoms with Gasteiger partial charge in [-0.2, -0.15) is 0 Å². The summed E-state index contributed by atoms with van der Waals surface area (Å²) in [5, 5.41) is 28.2. The largest absolute Gasteiger partial charge is 0.503 e. The molecule has 1 fully saturated rings. The second-order valence-corrected chi connectivity index (χ2v) is 11.2. The number of aromatic nitrogens is 1. The van der Waals surface area contributed by atoms with Gasteiger partial charge in [-0.15, -0.1) is 0 Å². The average Bonchev–Trinajstić information content (AvgIpc) is 3.00. The van der Waals surface area contributed by atoms with E-state index in [2.05, 4.69) is 36.2 Å². The van der Waals surface area contributed by atoms with E-state index >= 15 is 0 Å². The van der Waals surface area contributed by atoms with E-state index in [1.807, 2.05) is 30.3 Å². The number of aldehydes is 1. The van der Waals surface area contributed by atoms with Gasteiger partial charge in [0.25, 0.3) is 0 Å². The molecule has 0 amide bonds. The smallest absolute Gasteiger partial charge is 0.233 e. The number of hydrogen-bond acceptors (Lipinski definition) is 9. The standard InChI is InChI=1S/C16H26N2O.C15H11F2N3O3S/c1-4-18(3)16(17-2)12-10-15(11-13-16)19-14-8-6-5-7-9-14;16-8-2-1-7(10(17)4-8)3-12(18)24-15(19)9-5-20-11(6-21)14(23)13(9)22/h5-9,15,17H,4,10-13H2,1-3H3;1-2,4-6,18-19,23H,3H2,(H,20,22). The van der Waals surface area contributed by atoms with E-state index in [0.717, 1.165) is 50.2 Å². The van der Waals surface area contributed by atoms with Crippen molar-refractivity contribution in [2.75, 3.05) is 20.6 Å². The average molecular weight is 614 g/mol. The maximum absolute atomic E-state index is 13.6. The van der Waals surface area contributed by atoms with Gasteiger partial charge in [0.2, 0.25) is 5.43 Å². The van der Waals surface area contributed by atoms with Crippen molar-refractivity contribution < 1.29 is 23.4 Å². The van der Waals surface area contributed by atoms with Crippen LogP contribution in [0.15, 0.2) is 59.5 Å². The van der Waals surface area contributed by atoms with E-state index in [4.69, 9.17) is 15.6 Å². The predicted molar refractivity (Wildman–Crippen MR) is 166 cm³/mol. The predicted octanol–water partition coefficient (Wildman–Crippen LogP) is 5.33. The van der Waals surface area contributed by atoms with E-state index in [-0.39, 0.29) is 45.3 Å². The number of rotatable bonds is 9. The minimum atomic E-state index is -0.922. The van der Waals surface area contributed by atoms with Crippen LogP contribution in [0.2, 0.25) is 0 Å². The normalized spacial score (nSPS) is 18.0. The monoisotopic (exact) mass is 613 g/mol. The Morgan fingerprint density at radius 1 is 1.21 bits per heavy atom. The third-order valence-corrected chi connectivity index (χ3v) is 8.33. The van der Waals surface area contributed by atoms with Crippen molar-refractivity contribution in [3.05, 3.63) is 93.4 Å². The summed E-state index contributed by atoms with van der Waals surface area (Å²) in [6.07, 6.45) is 6.02. The fourth-order valence-electron chi connectivity index (χ4n) is 4.85. The van der Waals surface area contributed by atoms with Crippen molar-refractivity contribution in [3.8, 4) is 11.5 Å². The number of hydrogen-bond donors (Lipinski definition) is 5. The van der Waals surface area contributed by atoms with Gasteiger partial charge < -0.3 is 20.1 Å². The summed E-state index contributed by atoms with van der Waals surface area (Å²) in [6, 6.07) is 13.1. The molecule has 1 heterocycles. The molecule has 0 radical (unpaired) electrons. The number of thioether (sulfide) groups is 1. The van der Waals surface area contributed by atoms with Crippen LogP contribution in [0.4, 0.5) is 8.78 Å². The Morgan fingerprint density at radius 3 is 2.47 bits per heavy atom. The highest BCUT2D eigenvalue weighted by Gasteiger charge is 2.37. The Kier molecular flexibility index (Phi) is 12.2. The number of benzene rings is 2. The highest BCUT2D eigenvalue weighted by Crippen LogP contribution is 2.32. The van der Waals surface area contributed by atoms with Crippen LogP contribution in [0.3, 0.4) is 0 Å². The number of carbonyl (C=O) groups is 1. The Hall–Kier alpha value is -3.87. The van der Waals surface area contributed by atoms with Crippen LogP contribution in [0.25, 0.3) is 0 Å². The molecule has 0 unspecified atom stereocenters. The zero-order valence-electron chi connectivity index (χ0n) is 24.4. The molecule has 4 rings (SSSR count). The van der Waals surface area contributed by atoms with Gasteiger partial charge >= 0.3 is 0 Å². The molecule has 1 aliphatic rings. The molecule has 2 aromatic carbocycles. The maximum atomic E-state index is 13.6. The molecule has 0 aliphatic heterocycles. The zero-order chi connectivity index (χ0) is 31.6. The van der Waals surface area contributed by atoms with Gasteiger partial charge in [0.1, 0.15) is 28.1 Å². The number of aromatic hydroxyl groups is 1. The first-order chi connectivity index (χ1) is 20.5. The van der Waals surface area contributed by atoms with Crippen LogP contribution in [-0.2, 0) is 6.42 Å². The third-order valence-electron chi connectivity index (χ3n) is 7.52. The lowest BCUT2D eigenvalue weighted by atomic mass is 9.86. The van der Waals surface area contributed by atoms with E-state index in [9.17, 15) is 23.5 Å². The summed E-state index contributed by atoms with van der Waals surface area (Å²) in [7, 11) is 4.28. The maximum Gasteiger partial charge on any atom is 0.233 e. The van der Waals surface area contributed by atoms with E-state index in [1.165, 1.54) is 6.07 Å². The van der Waals surface area contributed by atoms with Crippen molar-refractivity contribution in [1.82, 2.24) is 15.2 Å². The Labute approximate surface area is 253 Å². The first-order valence-corrected chi connectivity index (χ1v) is 14.6. The van der Waals surface area contributed by atoms with Crippen LogP contribution in [0.5, 0.6) is 11.5 Å². The number of ether oxygens (including phenoxy) is 1. The topological polar surface area (TPSA) is 142 Å². The molecular formula is C31H37F2N5O4S. The minimum Gasteiger partial charge on any atom is -0.503 e. The minimum absolute atomic E-state index is 0.0785. The third kappa shape index (κ3) is 8.82. The van der Waals surface area contributed by atoms with Crippen LogP contribution in [-0.4, -0.2) is 63.8 Å². The first-order valence-electron chi connectivity index (χ1n) is 13.8. The molecule has 0 bridgehead atoms. The molecule has 3 aromatic rings. The van der Waals surface area contributed by atoms with Gasteiger partial charge in [-0.1, -0.05) is 43.0 Å². The number of para-hydroxylation sites is 1. The number of aromatic amines is 1. The molecule has 0 spiro atoms. The molecule has 9 nitrogen and oxygen atoms in total. The summed E-state index contributed by atoms with van der Waals surface area (Å²) >= 11 is 0.584. The molecule has 1 aliphatic carbocycles. The van der Waals surface area contributed by atoms with Crippen molar-refractivity contribution in [2.24, 2.45) is 0 Å². The molecule has 230 valence electrons. The fourth-order valence-corrected chi connectivity index (χ4v) is 5.58. The molecule has 0 saturated heterocycles. The zero-order valence-corrected chi connectivity index (χ0v) is 25.2. The van der Waals surface area contributed by atoms with Crippen LogP contribution in [0.1, 0.15) is 54.2 Å². The molecule has 1 aromatic heterocycles. The van der Waals surface area contributed by atoms with E-state index in [0.29, 0.717) is 23.9 Å². The first kappa shape index (κ1) is 33.6. The summed E-state index contributed by atoms with van der Waals surface area (Å²) in [5.74, 6) is -1.37. The fraction of sp³-hybridized carbons (Fsp3) is 0.355. The second kappa shape index (κ2) is 15.6. The van der Waals surface area contributed by atoms with Crippen LogP contribution < -0.4 is 15.5 Å². The summed E-state index contributed by atoms with van der Waals surface area (Å²) in [6.45, 7) is 3.29. The number of carbonyl (C=O) groups excluding carboxylic acids is 1. The molecule has 43 heavy (non-hydrogen) atoms. The van der Waals surface area contributed by atoms with Gasteiger partial charge in [0.15, 0.2) is 12.0 Å². The number of nitrogens with one attached hydrogen (secondary N) is 4. The number of halogens is 2. The summed E-state index contributed by atoms with van der Waals surface area (Å²) in [4.78, 5) is 27.3. The van der Waals surface area contributed by atoms with Gasteiger partial charge in [0, 0.05) is 18.7 Å². The number of H-pyrrole nitrogens is 1. The van der Waals surface area contributed by atoms with E-state index in [1.54, 1.807) is 0 Å². The quantitative estimate of drug-likeness (QED) is 0.0951. The lowest BCUT2D eigenvalue weighted by Crippen LogP contribution is -2.58. The Bertz CT molecular complexity index is 1480. The second-order valence-electron chi connectivity index (χ2n) is 10.1. The summed E-state index contributed by atoms with van der Waals surface area (Å²) < 4.78 is 32.5. The Balaban J connectivity index is 0.000000242. The van der Waals surface area contributed by atoms with Gasteiger partial charge in [-0.05, 0) is 70.1 Å². The number of pyridine rings is 1. The molecule has 12 heteroatoms. The Morgan fingerprint density at radius 2 is 1.88 bits per heavy atom.